The van der Waals surface area contributed by atoms with Crippen molar-refractivity contribution in [3.63, 3.8) is 0 Å². The van der Waals surface area contributed by atoms with Gasteiger partial charge in [0, 0.05) is 19.4 Å². The van der Waals surface area contributed by atoms with E-state index < -0.39 is 24.0 Å². The van der Waals surface area contributed by atoms with Crippen LogP contribution < -0.4 is 45.3 Å². The Morgan fingerprint density at radius 1 is 0.811 bits per heavy atom. The third kappa shape index (κ3) is 12.7. The van der Waals surface area contributed by atoms with Gasteiger partial charge in [0.2, 0.25) is 11.8 Å². The monoisotopic (exact) mass is 518 g/mol. The normalized spacial score (nSPS) is 12.5. The standard InChI is InChI=1S/C29H40N2O5.Na/c1-20(2)14-16-36-17-15-27(32)30-25(18-22-8-6-5-7-9-22)28(33)31-26(29(34)35)19-23-10-12-24(13-11-23)21(3)4;/h5-13,20-21,25-26H,14-19H2,1-4H3,(H,30,32)(H,31,33)(H,34,35);/q;+1/p-1/t25-,26-;/m0./s1. The molecular weight excluding hydrogens is 479 g/mol. The molecule has 0 spiro atoms. The number of amides is 2. The Kier molecular flexibility index (Phi) is 15.4. The molecule has 0 heterocycles. The Morgan fingerprint density at radius 3 is 1.97 bits per heavy atom. The van der Waals surface area contributed by atoms with Crippen LogP contribution in [0.5, 0.6) is 0 Å². The molecule has 2 amide bonds. The third-order valence-corrected chi connectivity index (χ3v) is 5.93. The molecule has 2 N–H and O–H groups in total. The van der Waals surface area contributed by atoms with E-state index in [1.54, 1.807) is 0 Å². The first-order valence-electron chi connectivity index (χ1n) is 12.7. The van der Waals surface area contributed by atoms with Gasteiger partial charge in [0.05, 0.1) is 18.6 Å². The Bertz CT molecular complexity index is 964. The first kappa shape index (κ1) is 32.8. The number of carbonyl (C=O) groups is 3. The van der Waals surface area contributed by atoms with Gasteiger partial charge < -0.3 is 25.3 Å². The van der Waals surface area contributed by atoms with Gasteiger partial charge >= 0.3 is 29.6 Å². The maximum atomic E-state index is 13.1. The van der Waals surface area contributed by atoms with E-state index in [0.717, 1.165) is 23.1 Å². The molecule has 7 nitrogen and oxygen atoms in total. The summed E-state index contributed by atoms with van der Waals surface area (Å²) in [4.78, 5) is 37.5. The van der Waals surface area contributed by atoms with Gasteiger partial charge in [-0.15, -0.1) is 0 Å². The van der Waals surface area contributed by atoms with Crippen molar-refractivity contribution in [2.45, 2.75) is 71.4 Å². The van der Waals surface area contributed by atoms with Crippen LogP contribution in [-0.2, 0) is 32.0 Å². The summed E-state index contributed by atoms with van der Waals surface area (Å²) >= 11 is 0. The number of carboxylic acids is 1. The van der Waals surface area contributed by atoms with Crippen molar-refractivity contribution in [2.24, 2.45) is 5.92 Å². The van der Waals surface area contributed by atoms with Crippen molar-refractivity contribution in [1.29, 1.82) is 0 Å². The van der Waals surface area contributed by atoms with E-state index in [1.165, 1.54) is 0 Å². The predicted octanol–water partition coefficient (Wildman–Crippen LogP) is -0.228. The van der Waals surface area contributed by atoms with E-state index in [0.29, 0.717) is 18.4 Å². The zero-order valence-corrected chi connectivity index (χ0v) is 24.8. The molecule has 0 unspecified atom stereocenters. The Balaban J connectivity index is 0.00000684. The fraction of sp³-hybridized carbons (Fsp3) is 0.483. The summed E-state index contributed by atoms with van der Waals surface area (Å²) in [6.07, 6.45) is 1.34. The second kappa shape index (κ2) is 17.3. The zero-order valence-electron chi connectivity index (χ0n) is 22.8. The smallest absolute Gasteiger partial charge is 0.548 e. The van der Waals surface area contributed by atoms with Crippen LogP contribution >= 0.6 is 0 Å². The Labute approximate surface area is 243 Å². The molecule has 2 rings (SSSR count). The van der Waals surface area contributed by atoms with Gasteiger partial charge in [-0.2, -0.15) is 0 Å². The molecule has 196 valence electrons. The molecule has 0 aromatic heterocycles. The van der Waals surface area contributed by atoms with Gasteiger partial charge in [-0.3, -0.25) is 9.59 Å². The van der Waals surface area contributed by atoms with E-state index in [-0.39, 0.29) is 61.3 Å². The SMILES string of the molecule is CC(C)CCOCCC(=O)N[C@@H](Cc1ccccc1)C(=O)N[C@@H](Cc1ccc(C(C)C)cc1)C(=O)[O-].[Na+]. The molecule has 2 atom stereocenters. The maximum Gasteiger partial charge on any atom is 1.00 e. The first-order valence-corrected chi connectivity index (χ1v) is 12.7. The van der Waals surface area contributed by atoms with Crippen molar-refractivity contribution in [3.8, 4) is 0 Å². The molecule has 0 aliphatic heterocycles. The number of hydrogen-bond acceptors (Lipinski definition) is 5. The quantitative estimate of drug-likeness (QED) is 0.250. The molecular formula is C29H39N2NaO5. The van der Waals surface area contributed by atoms with Crippen LogP contribution in [0.25, 0.3) is 0 Å². The van der Waals surface area contributed by atoms with Crippen molar-refractivity contribution in [3.05, 3.63) is 71.3 Å². The van der Waals surface area contributed by atoms with Gasteiger partial charge in [-0.1, -0.05) is 82.3 Å². The van der Waals surface area contributed by atoms with Crippen LogP contribution in [0.1, 0.15) is 63.1 Å². The number of ether oxygens (including phenoxy) is 1. The Hall–Kier alpha value is -2.19. The average Bonchev–Trinajstić information content (AvgIpc) is 2.83. The van der Waals surface area contributed by atoms with Gasteiger partial charge in [0.25, 0.3) is 0 Å². The van der Waals surface area contributed by atoms with Crippen LogP contribution in [0, 0.1) is 5.92 Å². The predicted molar refractivity (Wildman–Crippen MR) is 138 cm³/mol. The minimum atomic E-state index is -1.38. The summed E-state index contributed by atoms with van der Waals surface area (Å²) in [6, 6.07) is 14.7. The molecule has 8 heteroatoms. The summed E-state index contributed by atoms with van der Waals surface area (Å²) in [5.41, 5.74) is 2.77. The second-order valence-electron chi connectivity index (χ2n) is 9.84. The number of hydrogen-bond donors (Lipinski definition) is 2. The molecule has 0 bridgehead atoms. The van der Waals surface area contributed by atoms with Crippen molar-refractivity contribution in [2.75, 3.05) is 13.2 Å². The summed E-state index contributed by atoms with van der Waals surface area (Å²) in [7, 11) is 0. The number of nitrogens with one attached hydrogen (secondary N) is 2. The van der Waals surface area contributed by atoms with E-state index >= 15 is 0 Å². The molecule has 2 aromatic carbocycles. The van der Waals surface area contributed by atoms with Gasteiger partial charge in [-0.25, -0.2) is 0 Å². The molecule has 2 aromatic rings. The first-order chi connectivity index (χ1) is 17.2. The van der Waals surface area contributed by atoms with E-state index in [2.05, 4.69) is 38.3 Å². The maximum absolute atomic E-state index is 13.1. The summed E-state index contributed by atoms with van der Waals surface area (Å²) < 4.78 is 5.51. The number of carboxylic acid groups (broad SMARTS) is 1. The number of carbonyl (C=O) groups excluding carboxylic acids is 3. The van der Waals surface area contributed by atoms with Crippen LogP contribution in [0.15, 0.2) is 54.6 Å². The molecule has 0 fully saturated rings. The van der Waals surface area contributed by atoms with E-state index in [4.69, 9.17) is 4.74 Å². The van der Waals surface area contributed by atoms with Crippen molar-refractivity contribution < 1.29 is 53.8 Å². The number of benzene rings is 2. The van der Waals surface area contributed by atoms with Crippen LogP contribution in [0.4, 0.5) is 0 Å². The zero-order chi connectivity index (χ0) is 26.5. The van der Waals surface area contributed by atoms with Crippen LogP contribution in [-0.4, -0.2) is 43.1 Å². The molecule has 0 saturated heterocycles. The van der Waals surface area contributed by atoms with Gasteiger partial charge in [0.15, 0.2) is 0 Å². The molecule has 0 radical (unpaired) electrons. The Morgan fingerprint density at radius 2 is 1.41 bits per heavy atom. The van der Waals surface area contributed by atoms with E-state index in [1.807, 2.05) is 54.6 Å². The molecule has 0 saturated carbocycles. The number of aliphatic carboxylic acids is 1. The minimum absolute atomic E-state index is 0. The second-order valence-corrected chi connectivity index (χ2v) is 9.84. The van der Waals surface area contributed by atoms with Gasteiger partial charge in [-0.05, 0) is 41.4 Å². The van der Waals surface area contributed by atoms with Crippen molar-refractivity contribution in [1.82, 2.24) is 10.6 Å². The van der Waals surface area contributed by atoms with E-state index in [9.17, 15) is 19.5 Å². The van der Waals surface area contributed by atoms with Crippen LogP contribution in [0.3, 0.4) is 0 Å². The fourth-order valence-corrected chi connectivity index (χ4v) is 3.65. The topological polar surface area (TPSA) is 108 Å². The van der Waals surface area contributed by atoms with Crippen molar-refractivity contribution >= 4 is 17.8 Å². The van der Waals surface area contributed by atoms with Crippen LogP contribution in [0.2, 0.25) is 0 Å². The fourth-order valence-electron chi connectivity index (χ4n) is 3.65. The summed E-state index contributed by atoms with van der Waals surface area (Å²) in [6.45, 7) is 9.19. The summed E-state index contributed by atoms with van der Waals surface area (Å²) in [5, 5.41) is 17.2. The minimum Gasteiger partial charge on any atom is -0.548 e. The molecule has 37 heavy (non-hydrogen) atoms. The largest absolute Gasteiger partial charge is 1.00 e. The third-order valence-electron chi connectivity index (χ3n) is 5.93. The summed E-state index contributed by atoms with van der Waals surface area (Å²) in [5.74, 6) is -1.40. The number of rotatable bonds is 15. The molecule has 0 aliphatic rings. The van der Waals surface area contributed by atoms with Gasteiger partial charge in [0.1, 0.15) is 6.04 Å². The average molecular weight is 519 g/mol. The molecule has 0 aliphatic carbocycles.